The molecule has 0 aromatic heterocycles. The molecular weight excluding hydrogens is 278 g/mol. The average Bonchev–Trinajstić information content (AvgIpc) is 2.25. The monoisotopic (exact) mass is 287 g/mol. The van der Waals surface area contributed by atoms with Crippen LogP contribution in [0.1, 0.15) is 6.92 Å². The second-order valence-electron chi connectivity index (χ2n) is 3.00. The Labute approximate surface area is 100 Å². The van der Waals surface area contributed by atoms with E-state index in [1.165, 1.54) is 12.1 Å². The molecule has 0 radical (unpaired) electrons. The standard InChI is InChI=1S/C9H10BrN3O3/c1-6(10)9(14)12-11-7-4-2-3-5-8(7)13(15)16/h2-6,11H,1H3,(H,12,14). The Balaban J connectivity index is 2.74. The third-order valence-electron chi connectivity index (χ3n) is 1.78. The number of halogens is 1. The van der Waals surface area contributed by atoms with Crippen molar-refractivity contribution in [1.29, 1.82) is 0 Å². The average molecular weight is 288 g/mol. The second kappa shape index (κ2) is 5.45. The van der Waals surface area contributed by atoms with Crippen molar-refractivity contribution in [3.63, 3.8) is 0 Å². The van der Waals surface area contributed by atoms with E-state index in [1.54, 1.807) is 19.1 Å². The van der Waals surface area contributed by atoms with E-state index in [4.69, 9.17) is 0 Å². The van der Waals surface area contributed by atoms with Crippen LogP contribution in [0.25, 0.3) is 0 Å². The van der Waals surface area contributed by atoms with Crippen molar-refractivity contribution in [2.45, 2.75) is 11.8 Å². The molecule has 0 bridgehead atoms. The fraction of sp³-hybridized carbons (Fsp3) is 0.222. The first-order valence-corrected chi connectivity index (χ1v) is 5.37. The largest absolute Gasteiger partial charge is 0.294 e. The Hall–Kier alpha value is -1.63. The molecule has 0 aliphatic heterocycles. The van der Waals surface area contributed by atoms with E-state index in [0.717, 1.165) is 0 Å². The first-order valence-electron chi connectivity index (χ1n) is 4.45. The van der Waals surface area contributed by atoms with Crippen molar-refractivity contribution in [3.05, 3.63) is 34.4 Å². The number of carbonyl (C=O) groups excluding carboxylic acids is 1. The molecule has 1 rings (SSSR count). The van der Waals surface area contributed by atoms with Crippen LogP contribution in [0.2, 0.25) is 0 Å². The van der Waals surface area contributed by atoms with Crippen LogP contribution in [-0.2, 0) is 4.79 Å². The fourth-order valence-electron chi connectivity index (χ4n) is 0.967. The van der Waals surface area contributed by atoms with Crippen LogP contribution in [0.4, 0.5) is 11.4 Å². The molecule has 1 unspecified atom stereocenters. The van der Waals surface area contributed by atoms with Crippen LogP contribution in [-0.4, -0.2) is 15.7 Å². The SMILES string of the molecule is CC(Br)C(=O)NNc1ccccc1[N+](=O)[O-]. The van der Waals surface area contributed by atoms with Gasteiger partial charge in [0.05, 0.1) is 9.75 Å². The molecule has 1 aromatic carbocycles. The molecule has 0 saturated carbocycles. The third-order valence-corrected chi connectivity index (χ3v) is 2.20. The zero-order valence-corrected chi connectivity index (χ0v) is 10.0. The van der Waals surface area contributed by atoms with Gasteiger partial charge in [0.1, 0.15) is 5.69 Å². The zero-order valence-electron chi connectivity index (χ0n) is 8.44. The number of alkyl halides is 1. The number of rotatable bonds is 4. The van der Waals surface area contributed by atoms with E-state index in [0.29, 0.717) is 0 Å². The highest BCUT2D eigenvalue weighted by atomic mass is 79.9. The molecule has 1 amide bonds. The first kappa shape index (κ1) is 12.4. The number of anilines is 1. The zero-order chi connectivity index (χ0) is 12.1. The quantitative estimate of drug-likeness (QED) is 0.503. The van der Waals surface area contributed by atoms with Gasteiger partial charge in [-0.05, 0) is 13.0 Å². The molecule has 0 spiro atoms. The van der Waals surface area contributed by atoms with Gasteiger partial charge in [-0.15, -0.1) is 0 Å². The van der Waals surface area contributed by atoms with Crippen molar-refractivity contribution in [2.24, 2.45) is 0 Å². The Morgan fingerprint density at radius 3 is 2.69 bits per heavy atom. The minimum Gasteiger partial charge on any atom is -0.292 e. The minimum atomic E-state index is -0.522. The number of hydrogen-bond donors (Lipinski definition) is 2. The summed E-state index contributed by atoms with van der Waals surface area (Å²) >= 11 is 3.07. The number of hydrazine groups is 1. The fourth-order valence-corrected chi connectivity index (χ4v) is 1.08. The number of para-hydroxylation sites is 2. The predicted molar refractivity (Wildman–Crippen MR) is 63.3 cm³/mol. The Bertz CT molecular complexity index is 409. The van der Waals surface area contributed by atoms with Crippen LogP contribution in [0, 0.1) is 10.1 Å². The maximum Gasteiger partial charge on any atom is 0.294 e. The number of carbonyl (C=O) groups is 1. The Kier molecular flexibility index (Phi) is 4.24. The van der Waals surface area contributed by atoms with Gasteiger partial charge in [-0.3, -0.25) is 25.8 Å². The molecular formula is C9H10BrN3O3. The number of nitro benzene ring substituents is 1. The minimum absolute atomic E-state index is 0.0926. The first-order chi connectivity index (χ1) is 7.52. The molecule has 2 N–H and O–H groups in total. The molecule has 0 heterocycles. The Morgan fingerprint density at radius 1 is 1.50 bits per heavy atom. The van der Waals surface area contributed by atoms with Gasteiger partial charge in [-0.2, -0.15) is 0 Å². The summed E-state index contributed by atoms with van der Waals surface area (Å²) in [7, 11) is 0. The van der Waals surface area contributed by atoms with Gasteiger partial charge in [-0.1, -0.05) is 28.1 Å². The lowest BCUT2D eigenvalue weighted by Gasteiger charge is -2.09. The summed E-state index contributed by atoms with van der Waals surface area (Å²) in [4.78, 5) is 21.0. The van der Waals surface area contributed by atoms with E-state index in [2.05, 4.69) is 26.8 Å². The lowest BCUT2D eigenvalue weighted by molar-refractivity contribution is -0.384. The lowest BCUT2D eigenvalue weighted by Crippen LogP contribution is -2.34. The maximum atomic E-state index is 11.2. The van der Waals surface area contributed by atoms with Crippen molar-refractivity contribution >= 4 is 33.2 Å². The summed E-state index contributed by atoms with van der Waals surface area (Å²) in [5, 5.41) is 10.6. The summed E-state index contributed by atoms with van der Waals surface area (Å²) in [6, 6.07) is 6.06. The smallest absolute Gasteiger partial charge is 0.292 e. The summed E-state index contributed by atoms with van der Waals surface area (Å²) in [6.45, 7) is 1.65. The Morgan fingerprint density at radius 2 is 2.12 bits per heavy atom. The molecule has 0 aliphatic rings. The molecule has 6 nitrogen and oxygen atoms in total. The highest BCUT2D eigenvalue weighted by molar-refractivity contribution is 9.10. The van der Waals surface area contributed by atoms with Crippen LogP contribution >= 0.6 is 15.9 Å². The summed E-state index contributed by atoms with van der Waals surface area (Å²) < 4.78 is 0. The van der Waals surface area contributed by atoms with Crippen LogP contribution in [0.5, 0.6) is 0 Å². The van der Waals surface area contributed by atoms with E-state index in [9.17, 15) is 14.9 Å². The highest BCUT2D eigenvalue weighted by Gasteiger charge is 2.13. The topological polar surface area (TPSA) is 84.3 Å². The normalized spacial score (nSPS) is 11.6. The van der Waals surface area contributed by atoms with Crippen molar-refractivity contribution in [2.75, 3.05) is 5.43 Å². The summed E-state index contributed by atoms with van der Waals surface area (Å²) in [5.74, 6) is -0.307. The molecule has 86 valence electrons. The van der Waals surface area contributed by atoms with Gasteiger partial charge in [0.15, 0.2) is 0 Å². The van der Waals surface area contributed by atoms with Crippen LogP contribution in [0.3, 0.4) is 0 Å². The molecule has 0 aliphatic carbocycles. The number of nitro groups is 1. The summed E-state index contributed by atoms with van der Waals surface area (Å²) in [6.07, 6.45) is 0. The molecule has 0 saturated heterocycles. The van der Waals surface area contributed by atoms with Gasteiger partial charge in [0, 0.05) is 6.07 Å². The number of hydrogen-bond acceptors (Lipinski definition) is 4. The molecule has 0 fully saturated rings. The third kappa shape index (κ3) is 3.20. The van der Waals surface area contributed by atoms with Crippen LogP contribution < -0.4 is 10.9 Å². The molecule has 1 atom stereocenters. The van der Waals surface area contributed by atoms with Gasteiger partial charge in [-0.25, -0.2) is 0 Å². The van der Waals surface area contributed by atoms with Gasteiger partial charge in [0.2, 0.25) is 0 Å². The summed E-state index contributed by atoms with van der Waals surface area (Å²) in [5.41, 5.74) is 5.01. The maximum absolute atomic E-state index is 11.2. The van der Waals surface area contributed by atoms with Crippen molar-refractivity contribution < 1.29 is 9.72 Å². The predicted octanol–water partition coefficient (Wildman–Crippen LogP) is 1.82. The highest BCUT2D eigenvalue weighted by Crippen LogP contribution is 2.22. The van der Waals surface area contributed by atoms with Gasteiger partial charge in [0.25, 0.3) is 11.6 Å². The van der Waals surface area contributed by atoms with Gasteiger partial charge < -0.3 is 0 Å². The van der Waals surface area contributed by atoms with Crippen LogP contribution in [0.15, 0.2) is 24.3 Å². The lowest BCUT2D eigenvalue weighted by atomic mass is 10.3. The molecule has 1 aromatic rings. The molecule has 16 heavy (non-hydrogen) atoms. The van der Waals surface area contributed by atoms with Gasteiger partial charge >= 0.3 is 0 Å². The van der Waals surface area contributed by atoms with E-state index >= 15 is 0 Å². The molecule has 7 heteroatoms. The second-order valence-corrected chi connectivity index (χ2v) is 4.38. The number of amides is 1. The van der Waals surface area contributed by atoms with Crippen molar-refractivity contribution in [3.8, 4) is 0 Å². The van der Waals surface area contributed by atoms with E-state index in [-0.39, 0.29) is 22.1 Å². The number of nitrogens with one attached hydrogen (secondary N) is 2. The number of benzene rings is 1. The van der Waals surface area contributed by atoms with Crippen molar-refractivity contribution in [1.82, 2.24) is 5.43 Å². The number of nitrogens with zero attached hydrogens (tertiary/aromatic N) is 1. The van der Waals surface area contributed by atoms with E-state index in [1.807, 2.05) is 0 Å². The van der Waals surface area contributed by atoms with E-state index < -0.39 is 4.92 Å².